The van der Waals surface area contributed by atoms with Gasteiger partial charge in [-0.15, -0.1) is 0 Å². The van der Waals surface area contributed by atoms with Crippen molar-refractivity contribution in [3.8, 4) is 11.5 Å². The van der Waals surface area contributed by atoms with Crippen LogP contribution in [0.5, 0.6) is 11.5 Å². The summed E-state index contributed by atoms with van der Waals surface area (Å²) in [6, 6.07) is 9.61. The molecule has 8 heteroatoms. The second-order valence-electron chi connectivity index (χ2n) is 7.64. The topological polar surface area (TPSA) is 84.9 Å². The lowest BCUT2D eigenvalue weighted by Gasteiger charge is -2.30. The fourth-order valence-electron chi connectivity index (χ4n) is 3.42. The number of nitrogens with zero attached hydrogens (tertiary/aromatic N) is 1. The zero-order valence-electron chi connectivity index (χ0n) is 17.9. The predicted molar refractivity (Wildman–Crippen MR) is 117 cm³/mol. The van der Waals surface area contributed by atoms with Crippen LogP contribution < -0.4 is 19.1 Å². The van der Waals surface area contributed by atoms with Gasteiger partial charge in [-0.3, -0.25) is 9.10 Å². The summed E-state index contributed by atoms with van der Waals surface area (Å²) in [4.78, 5) is 13.0. The Morgan fingerprint density at radius 1 is 1.00 bits per heavy atom. The van der Waals surface area contributed by atoms with Crippen LogP contribution in [0.2, 0.25) is 0 Å². The molecule has 0 aromatic heterocycles. The third-order valence-corrected chi connectivity index (χ3v) is 6.50. The third kappa shape index (κ3) is 4.70. The number of sulfonamides is 1. The lowest BCUT2D eigenvalue weighted by Crippen LogP contribution is -2.48. The van der Waals surface area contributed by atoms with Crippen molar-refractivity contribution in [3.63, 3.8) is 0 Å². The van der Waals surface area contributed by atoms with Gasteiger partial charge in [0.05, 0.1) is 18.0 Å². The van der Waals surface area contributed by atoms with Crippen LogP contribution in [0.1, 0.15) is 36.6 Å². The Bertz CT molecular complexity index is 1050. The van der Waals surface area contributed by atoms with Gasteiger partial charge < -0.3 is 14.8 Å². The molecule has 2 aromatic rings. The van der Waals surface area contributed by atoms with E-state index < -0.39 is 16.1 Å². The van der Waals surface area contributed by atoms with E-state index in [4.69, 9.17) is 9.47 Å². The minimum absolute atomic E-state index is 0.336. The maximum absolute atomic E-state index is 13.0. The summed E-state index contributed by atoms with van der Waals surface area (Å²) in [6.45, 7) is 8.28. The van der Waals surface area contributed by atoms with Crippen molar-refractivity contribution in [2.24, 2.45) is 0 Å². The molecule has 0 saturated heterocycles. The number of rotatable bonds is 6. The van der Waals surface area contributed by atoms with Gasteiger partial charge in [-0.2, -0.15) is 0 Å². The SMILES string of the molecule is Cc1ccc(N(C(C)C(=O)NC(C)c2ccc3c(c2)OCCO3)S(C)(=O)=O)cc1C. The third-order valence-electron chi connectivity index (χ3n) is 5.26. The first-order chi connectivity index (χ1) is 14.1. The van der Waals surface area contributed by atoms with Crippen LogP contribution in [-0.2, 0) is 14.8 Å². The minimum Gasteiger partial charge on any atom is -0.486 e. The van der Waals surface area contributed by atoms with Crippen LogP contribution in [0.4, 0.5) is 5.69 Å². The monoisotopic (exact) mass is 432 g/mol. The summed E-state index contributed by atoms with van der Waals surface area (Å²) >= 11 is 0. The summed E-state index contributed by atoms with van der Waals surface area (Å²) in [6.07, 6.45) is 1.11. The van der Waals surface area contributed by atoms with Crippen LogP contribution in [0, 0.1) is 13.8 Å². The maximum Gasteiger partial charge on any atom is 0.244 e. The van der Waals surface area contributed by atoms with Crippen LogP contribution in [0.25, 0.3) is 0 Å². The van der Waals surface area contributed by atoms with E-state index in [2.05, 4.69) is 5.32 Å². The van der Waals surface area contributed by atoms with Crippen molar-refractivity contribution < 1.29 is 22.7 Å². The molecular weight excluding hydrogens is 404 g/mol. The molecule has 0 spiro atoms. The minimum atomic E-state index is -3.67. The Hall–Kier alpha value is -2.74. The fraction of sp³-hybridized carbons (Fsp3) is 0.409. The number of benzene rings is 2. The molecule has 3 rings (SSSR count). The summed E-state index contributed by atoms with van der Waals surface area (Å²) < 4.78 is 37.3. The maximum atomic E-state index is 13.0. The molecule has 0 aliphatic carbocycles. The lowest BCUT2D eigenvalue weighted by atomic mass is 10.1. The van der Waals surface area contributed by atoms with E-state index in [-0.39, 0.29) is 11.9 Å². The largest absolute Gasteiger partial charge is 0.486 e. The number of amides is 1. The molecule has 1 aliphatic heterocycles. The summed E-state index contributed by atoms with van der Waals surface area (Å²) in [7, 11) is -3.67. The number of aryl methyl sites for hydroxylation is 2. The summed E-state index contributed by atoms with van der Waals surface area (Å²) in [5.74, 6) is 0.928. The van der Waals surface area contributed by atoms with Gasteiger partial charge >= 0.3 is 0 Å². The zero-order valence-corrected chi connectivity index (χ0v) is 18.7. The standard InChI is InChI=1S/C22H28N2O5S/c1-14-6-8-19(12-15(14)2)24(30(5,26)27)17(4)22(25)23-16(3)18-7-9-20-21(13-18)29-11-10-28-20/h6-9,12-13,16-17H,10-11H2,1-5H3,(H,23,25). The van der Waals surface area contributed by atoms with Crippen molar-refractivity contribution >= 4 is 21.6 Å². The Balaban J connectivity index is 1.80. The van der Waals surface area contributed by atoms with Gasteiger partial charge in [0, 0.05) is 0 Å². The summed E-state index contributed by atoms with van der Waals surface area (Å²) in [5, 5.41) is 2.91. The Labute approximate surface area is 178 Å². The second-order valence-corrected chi connectivity index (χ2v) is 9.50. The van der Waals surface area contributed by atoms with Crippen LogP contribution in [0.3, 0.4) is 0 Å². The van der Waals surface area contributed by atoms with Crippen LogP contribution in [-0.4, -0.2) is 39.8 Å². The van der Waals surface area contributed by atoms with Gasteiger partial charge in [-0.25, -0.2) is 8.42 Å². The van der Waals surface area contributed by atoms with E-state index >= 15 is 0 Å². The summed E-state index contributed by atoms with van der Waals surface area (Å²) in [5.41, 5.74) is 3.32. The average Bonchev–Trinajstić information content (AvgIpc) is 2.69. The van der Waals surface area contributed by atoms with Crippen molar-refractivity contribution in [1.82, 2.24) is 5.32 Å². The molecule has 0 fully saturated rings. The molecule has 1 aliphatic rings. The van der Waals surface area contributed by atoms with Crippen LogP contribution >= 0.6 is 0 Å². The van der Waals surface area contributed by atoms with Gasteiger partial charge in [0.15, 0.2) is 11.5 Å². The second kappa shape index (κ2) is 8.55. The number of anilines is 1. The highest BCUT2D eigenvalue weighted by Gasteiger charge is 2.30. The Morgan fingerprint density at radius 3 is 2.30 bits per heavy atom. The molecule has 1 amide bonds. The van der Waals surface area contributed by atoms with Gasteiger partial charge in [-0.05, 0) is 68.7 Å². The molecule has 2 atom stereocenters. The molecule has 2 aromatic carbocycles. The Morgan fingerprint density at radius 2 is 1.67 bits per heavy atom. The molecule has 0 bridgehead atoms. The van der Waals surface area contributed by atoms with E-state index in [1.807, 2.05) is 45.0 Å². The van der Waals surface area contributed by atoms with E-state index in [1.165, 1.54) is 0 Å². The number of carbonyl (C=O) groups is 1. The molecular formula is C22H28N2O5S. The number of fused-ring (bicyclic) bond motifs is 1. The highest BCUT2D eigenvalue weighted by Crippen LogP contribution is 2.32. The molecule has 7 nitrogen and oxygen atoms in total. The number of hydrogen-bond donors (Lipinski definition) is 1. The van der Waals surface area contributed by atoms with Gasteiger partial charge in [0.25, 0.3) is 0 Å². The van der Waals surface area contributed by atoms with E-state index in [0.717, 1.165) is 27.3 Å². The van der Waals surface area contributed by atoms with Crippen LogP contribution in [0.15, 0.2) is 36.4 Å². The lowest BCUT2D eigenvalue weighted by molar-refractivity contribution is -0.122. The number of ether oxygens (including phenoxy) is 2. The molecule has 162 valence electrons. The van der Waals surface area contributed by atoms with Crippen molar-refractivity contribution in [2.45, 2.75) is 39.8 Å². The zero-order chi connectivity index (χ0) is 22.1. The number of hydrogen-bond acceptors (Lipinski definition) is 5. The van der Waals surface area contributed by atoms with Gasteiger partial charge in [0.2, 0.25) is 15.9 Å². The van der Waals surface area contributed by atoms with E-state index in [0.29, 0.717) is 30.4 Å². The molecule has 30 heavy (non-hydrogen) atoms. The first kappa shape index (κ1) is 22.0. The molecule has 1 N–H and O–H groups in total. The average molecular weight is 433 g/mol. The van der Waals surface area contributed by atoms with Gasteiger partial charge in [-0.1, -0.05) is 12.1 Å². The number of carbonyl (C=O) groups excluding carboxylic acids is 1. The van der Waals surface area contributed by atoms with E-state index in [1.54, 1.807) is 19.1 Å². The Kier molecular flexibility index (Phi) is 6.26. The fourth-order valence-corrected chi connectivity index (χ4v) is 4.58. The van der Waals surface area contributed by atoms with E-state index in [9.17, 15) is 13.2 Å². The smallest absolute Gasteiger partial charge is 0.244 e. The van der Waals surface area contributed by atoms with Crippen molar-refractivity contribution in [2.75, 3.05) is 23.8 Å². The highest BCUT2D eigenvalue weighted by molar-refractivity contribution is 7.92. The molecule has 1 heterocycles. The quantitative estimate of drug-likeness (QED) is 0.758. The van der Waals surface area contributed by atoms with Gasteiger partial charge in [0.1, 0.15) is 19.3 Å². The first-order valence-electron chi connectivity index (χ1n) is 9.84. The number of nitrogens with one attached hydrogen (secondary N) is 1. The predicted octanol–water partition coefficient (Wildman–Crippen LogP) is 3.11. The van der Waals surface area contributed by atoms with Crippen molar-refractivity contribution in [1.29, 1.82) is 0 Å². The highest BCUT2D eigenvalue weighted by atomic mass is 32.2. The molecule has 0 radical (unpaired) electrons. The molecule has 0 saturated carbocycles. The van der Waals surface area contributed by atoms with Crippen molar-refractivity contribution in [3.05, 3.63) is 53.1 Å². The molecule has 2 unspecified atom stereocenters. The first-order valence-corrected chi connectivity index (χ1v) is 11.7. The normalized spacial score (nSPS) is 15.2.